The highest BCUT2D eigenvalue weighted by atomic mass is 32.2. The van der Waals surface area contributed by atoms with Crippen LogP contribution in [0.1, 0.15) is 42.8 Å². The SMILES string of the molecule is C=CCN1C(=O)/C(=C\c2ccc(CC)cc2)SC1=Nc1nnc(CCCC)s1. The first-order valence-corrected chi connectivity index (χ1v) is 11.1. The predicted octanol–water partition coefficient (Wildman–Crippen LogP) is 5.23. The van der Waals surface area contributed by atoms with E-state index >= 15 is 0 Å². The van der Waals surface area contributed by atoms with Crippen molar-refractivity contribution in [2.75, 3.05) is 6.54 Å². The van der Waals surface area contributed by atoms with Crippen LogP contribution in [0, 0.1) is 0 Å². The fourth-order valence-corrected chi connectivity index (χ4v) is 4.48. The van der Waals surface area contributed by atoms with Crippen LogP contribution in [0.25, 0.3) is 6.08 Å². The number of amides is 1. The molecule has 146 valence electrons. The van der Waals surface area contributed by atoms with Gasteiger partial charge in [-0.25, -0.2) is 0 Å². The summed E-state index contributed by atoms with van der Waals surface area (Å²) in [4.78, 5) is 19.7. The summed E-state index contributed by atoms with van der Waals surface area (Å²) < 4.78 is 0. The van der Waals surface area contributed by atoms with E-state index in [4.69, 9.17) is 0 Å². The summed E-state index contributed by atoms with van der Waals surface area (Å²) in [6.45, 7) is 8.46. The van der Waals surface area contributed by atoms with Gasteiger partial charge in [-0.2, -0.15) is 4.99 Å². The highest BCUT2D eigenvalue weighted by Gasteiger charge is 2.32. The first kappa shape index (κ1) is 20.5. The quantitative estimate of drug-likeness (QED) is 0.440. The maximum Gasteiger partial charge on any atom is 0.267 e. The Bertz CT molecular complexity index is 899. The molecule has 1 fully saturated rings. The summed E-state index contributed by atoms with van der Waals surface area (Å²) in [6.07, 6.45) is 7.74. The highest BCUT2D eigenvalue weighted by Crippen LogP contribution is 2.34. The van der Waals surface area contributed by atoms with E-state index in [1.807, 2.05) is 18.2 Å². The molecule has 0 unspecified atom stereocenters. The number of aromatic nitrogens is 2. The van der Waals surface area contributed by atoms with Crippen molar-refractivity contribution in [3.8, 4) is 0 Å². The molecule has 1 aliphatic rings. The molecular formula is C21H24N4OS2. The normalized spacial score (nSPS) is 17.1. The van der Waals surface area contributed by atoms with Crippen molar-refractivity contribution in [2.45, 2.75) is 39.5 Å². The van der Waals surface area contributed by atoms with E-state index < -0.39 is 0 Å². The molecule has 1 saturated heterocycles. The molecule has 0 spiro atoms. The fraction of sp³-hybridized carbons (Fsp3) is 0.333. The van der Waals surface area contributed by atoms with Gasteiger partial charge in [-0.1, -0.05) is 61.9 Å². The summed E-state index contributed by atoms with van der Waals surface area (Å²) in [7, 11) is 0. The number of aryl methyl sites for hydroxylation is 2. The van der Waals surface area contributed by atoms with Gasteiger partial charge in [0.15, 0.2) is 5.17 Å². The summed E-state index contributed by atoms with van der Waals surface area (Å²) in [5.74, 6) is -0.0565. The van der Waals surface area contributed by atoms with Gasteiger partial charge in [0.05, 0.1) is 4.91 Å². The van der Waals surface area contributed by atoms with Crippen molar-refractivity contribution in [1.29, 1.82) is 0 Å². The number of rotatable bonds is 8. The second-order valence-electron chi connectivity index (χ2n) is 6.39. The molecular weight excluding hydrogens is 388 g/mol. The minimum atomic E-state index is -0.0565. The molecule has 2 heterocycles. The van der Waals surface area contributed by atoms with Gasteiger partial charge in [0, 0.05) is 13.0 Å². The molecule has 0 bridgehead atoms. The number of carbonyl (C=O) groups excluding carboxylic acids is 1. The molecule has 0 saturated carbocycles. The van der Waals surface area contributed by atoms with Crippen LogP contribution in [0.4, 0.5) is 5.13 Å². The zero-order valence-electron chi connectivity index (χ0n) is 16.2. The second-order valence-corrected chi connectivity index (χ2v) is 8.44. The molecule has 5 nitrogen and oxygen atoms in total. The lowest BCUT2D eigenvalue weighted by Gasteiger charge is -2.11. The van der Waals surface area contributed by atoms with Crippen LogP contribution >= 0.6 is 23.1 Å². The summed E-state index contributed by atoms with van der Waals surface area (Å²) in [6, 6.07) is 8.26. The van der Waals surface area contributed by atoms with Gasteiger partial charge in [-0.05, 0) is 41.8 Å². The number of hydrogen-bond acceptors (Lipinski definition) is 6. The lowest BCUT2D eigenvalue weighted by Crippen LogP contribution is -2.29. The zero-order chi connectivity index (χ0) is 19.9. The third-order valence-electron chi connectivity index (χ3n) is 4.28. The average molecular weight is 413 g/mol. The summed E-state index contributed by atoms with van der Waals surface area (Å²) >= 11 is 2.86. The van der Waals surface area contributed by atoms with E-state index in [9.17, 15) is 4.79 Å². The summed E-state index contributed by atoms with van der Waals surface area (Å²) in [5, 5.41) is 10.6. The van der Waals surface area contributed by atoms with E-state index in [1.54, 1.807) is 11.0 Å². The number of carbonyl (C=O) groups is 1. The molecule has 0 atom stereocenters. The Morgan fingerprint density at radius 1 is 1.21 bits per heavy atom. The monoisotopic (exact) mass is 412 g/mol. The molecule has 0 aliphatic carbocycles. The van der Waals surface area contributed by atoms with Gasteiger partial charge in [-0.3, -0.25) is 9.69 Å². The van der Waals surface area contributed by atoms with Gasteiger partial charge in [0.25, 0.3) is 5.91 Å². The van der Waals surface area contributed by atoms with Crippen molar-refractivity contribution in [2.24, 2.45) is 4.99 Å². The van der Waals surface area contributed by atoms with E-state index in [-0.39, 0.29) is 5.91 Å². The third-order valence-corrected chi connectivity index (χ3v) is 6.16. The third kappa shape index (κ3) is 4.97. The minimum absolute atomic E-state index is 0.0565. The minimum Gasteiger partial charge on any atom is -0.282 e. The van der Waals surface area contributed by atoms with E-state index in [0.29, 0.717) is 21.7 Å². The van der Waals surface area contributed by atoms with Gasteiger partial charge in [0.2, 0.25) is 5.13 Å². The number of amidine groups is 1. The maximum absolute atomic E-state index is 12.8. The number of benzene rings is 1. The van der Waals surface area contributed by atoms with Crippen LogP contribution < -0.4 is 0 Å². The van der Waals surface area contributed by atoms with Crippen molar-refractivity contribution < 1.29 is 4.79 Å². The van der Waals surface area contributed by atoms with Gasteiger partial charge < -0.3 is 0 Å². The van der Waals surface area contributed by atoms with Crippen LogP contribution in [0.2, 0.25) is 0 Å². The van der Waals surface area contributed by atoms with Crippen molar-refractivity contribution in [3.63, 3.8) is 0 Å². The number of hydrogen-bond donors (Lipinski definition) is 0. The van der Waals surface area contributed by atoms with Crippen LogP contribution in [0.3, 0.4) is 0 Å². The Balaban J connectivity index is 1.84. The number of unbranched alkanes of at least 4 members (excludes halogenated alkanes) is 1. The Morgan fingerprint density at radius 2 is 2.00 bits per heavy atom. The van der Waals surface area contributed by atoms with Crippen LogP contribution in [0.5, 0.6) is 0 Å². The first-order chi connectivity index (χ1) is 13.6. The van der Waals surface area contributed by atoms with Crippen molar-refractivity contribution >= 4 is 45.4 Å². The topological polar surface area (TPSA) is 58.5 Å². The van der Waals surface area contributed by atoms with Crippen LogP contribution in [-0.2, 0) is 17.6 Å². The van der Waals surface area contributed by atoms with Gasteiger partial charge >= 0.3 is 0 Å². The molecule has 1 aromatic carbocycles. The fourth-order valence-electron chi connectivity index (χ4n) is 2.68. The molecule has 28 heavy (non-hydrogen) atoms. The lowest BCUT2D eigenvalue weighted by atomic mass is 10.1. The van der Waals surface area contributed by atoms with Crippen LogP contribution in [-0.4, -0.2) is 32.7 Å². The first-order valence-electron chi connectivity index (χ1n) is 9.47. The zero-order valence-corrected chi connectivity index (χ0v) is 17.9. The van der Waals surface area contributed by atoms with Crippen molar-refractivity contribution in [1.82, 2.24) is 15.1 Å². The molecule has 1 aromatic heterocycles. The Kier molecular flexibility index (Phi) is 7.17. The largest absolute Gasteiger partial charge is 0.282 e. The molecule has 0 radical (unpaired) electrons. The Morgan fingerprint density at radius 3 is 2.68 bits per heavy atom. The standard InChI is InChI=1S/C21H24N4OS2/c1-4-7-8-18-23-24-20(28-18)22-21-25(13-5-2)19(26)17(27-21)14-16-11-9-15(6-3)10-12-16/h5,9-12,14H,2,4,6-8,13H2,1,3H3/b17-14+,22-21?. The number of thioether (sulfide) groups is 1. The smallest absolute Gasteiger partial charge is 0.267 e. The lowest BCUT2D eigenvalue weighted by molar-refractivity contribution is -0.121. The molecule has 0 N–H and O–H groups in total. The van der Waals surface area contributed by atoms with Gasteiger partial charge in [0.1, 0.15) is 5.01 Å². The molecule has 1 amide bonds. The van der Waals surface area contributed by atoms with Crippen molar-refractivity contribution in [3.05, 3.63) is 58.0 Å². The molecule has 7 heteroatoms. The molecule has 2 aromatic rings. The van der Waals surface area contributed by atoms with Crippen LogP contribution in [0.15, 0.2) is 46.8 Å². The molecule has 3 rings (SSSR count). The molecule has 1 aliphatic heterocycles. The number of nitrogens with zero attached hydrogens (tertiary/aromatic N) is 4. The second kappa shape index (κ2) is 9.80. The van der Waals surface area contributed by atoms with E-state index in [2.05, 4.69) is 47.7 Å². The van der Waals surface area contributed by atoms with E-state index in [0.717, 1.165) is 36.3 Å². The number of aliphatic imine (C=N–C) groups is 1. The van der Waals surface area contributed by atoms with E-state index in [1.165, 1.54) is 28.7 Å². The average Bonchev–Trinajstić information content (AvgIpc) is 3.27. The highest BCUT2D eigenvalue weighted by molar-refractivity contribution is 8.18. The maximum atomic E-state index is 12.8. The summed E-state index contributed by atoms with van der Waals surface area (Å²) in [5.41, 5.74) is 2.28. The predicted molar refractivity (Wildman–Crippen MR) is 119 cm³/mol. The Hall–Kier alpha value is -2.25. The van der Waals surface area contributed by atoms with Gasteiger partial charge in [-0.15, -0.1) is 16.8 Å². The Labute approximate surface area is 174 Å².